The molecule has 0 aliphatic rings. The van der Waals surface area contributed by atoms with Crippen molar-refractivity contribution in [3.05, 3.63) is 82.9 Å². The number of ether oxygens (including phenoxy) is 1. The molecule has 1 N–H and O–H groups in total. The average Bonchev–Trinajstić information content (AvgIpc) is 2.61. The van der Waals surface area contributed by atoms with Crippen LogP contribution in [0.3, 0.4) is 0 Å². The van der Waals surface area contributed by atoms with Gasteiger partial charge in [0, 0.05) is 0 Å². The second kappa shape index (κ2) is 7.19. The first-order valence-corrected chi connectivity index (χ1v) is 8.02. The van der Waals surface area contributed by atoms with Gasteiger partial charge in [-0.05, 0) is 41.0 Å². The number of hydrogen-bond acceptors (Lipinski definition) is 4. The molecular weight excluding hydrogens is 332 g/mol. The Morgan fingerprint density at radius 3 is 2.31 bits per heavy atom. The molecule has 26 heavy (non-hydrogen) atoms. The second-order valence-corrected chi connectivity index (χ2v) is 5.86. The number of carbonyl (C=O) groups excluding carboxylic acids is 2. The van der Waals surface area contributed by atoms with Crippen LogP contribution in [0.5, 0.6) is 0 Å². The van der Waals surface area contributed by atoms with Gasteiger partial charge in [0.25, 0.3) is 0 Å². The highest BCUT2D eigenvalue weighted by Crippen LogP contribution is 2.20. The standard InChI is InChI=1S/C21H16O5/c1-13-16(20(23)24)10-5-11-17(13)21(25)26-19(22)12-15-8-4-7-14-6-2-3-9-18(14)15/h2-11H,12H2,1H3,(H,23,24). The Balaban J connectivity index is 1.79. The van der Waals surface area contributed by atoms with Gasteiger partial charge in [-0.15, -0.1) is 0 Å². The number of carbonyl (C=O) groups is 3. The number of fused-ring (bicyclic) bond motifs is 1. The number of aromatic carboxylic acids is 1. The van der Waals surface area contributed by atoms with Crippen molar-refractivity contribution in [3.63, 3.8) is 0 Å². The molecule has 5 heteroatoms. The summed E-state index contributed by atoms with van der Waals surface area (Å²) >= 11 is 0. The molecule has 0 aromatic heterocycles. The molecule has 0 heterocycles. The summed E-state index contributed by atoms with van der Waals surface area (Å²) in [6.07, 6.45) is -0.0508. The van der Waals surface area contributed by atoms with E-state index in [0.29, 0.717) is 0 Å². The minimum Gasteiger partial charge on any atom is -0.478 e. The van der Waals surface area contributed by atoms with Gasteiger partial charge >= 0.3 is 17.9 Å². The molecule has 0 unspecified atom stereocenters. The minimum absolute atomic E-state index is 0.000882. The smallest absolute Gasteiger partial charge is 0.346 e. The third kappa shape index (κ3) is 3.47. The topological polar surface area (TPSA) is 80.7 Å². The summed E-state index contributed by atoms with van der Waals surface area (Å²) in [5.74, 6) is -2.68. The Hall–Kier alpha value is -3.47. The number of rotatable bonds is 4. The maximum atomic E-state index is 12.3. The van der Waals surface area contributed by atoms with Crippen molar-refractivity contribution in [1.29, 1.82) is 0 Å². The monoisotopic (exact) mass is 348 g/mol. The highest BCUT2D eigenvalue weighted by Gasteiger charge is 2.19. The van der Waals surface area contributed by atoms with Gasteiger partial charge in [0.05, 0.1) is 17.5 Å². The molecule has 0 spiro atoms. The highest BCUT2D eigenvalue weighted by atomic mass is 16.6. The molecule has 0 aliphatic heterocycles. The van der Waals surface area contributed by atoms with E-state index in [4.69, 9.17) is 9.84 Å². The lowest BCUT2D eigenvalue weighted by Gasteiger charge is -2.09. The van der Waals surface area contributed by atoms with E-state index in [-0.39, 0.29) is 23.1 Å². The van der Waals surface area contributed by atoms with Crippen LogP contribution in [0.4, 0.5) is 0 Å². The van der Waals surface area contributed by atoms with Crippen LogP contribution in [0.1, 0.15) is 31.8 Å². The maximum Gasteiger partial charge on any atom is 0.346 e. The molecule has 0 atom stereocenters. The normalized spacial score (nSPS) is 10.5. The van der Waals surface area contributed by atoms with E-state index in [9.17, 15) is 14.4 Å². The fraction of sp³-hybridized carbons (Fsp3) is 0.0952. The summed E-state index contributed by atoms with van der Waals surface area (Å²) in [6, 6.07) is 17.5. The molecule has 0 saturated heterocycles. The van der Waals surface area contributed by atoms with Gasteiger partial charge in [0.15, 0.2) is 0 Å². The van der Waals surface area contributed by atoms with Crippen LogP contribution in [0, 0.1) is 6.92 Å². The van der Waals surface area contributed by atoms with Crippen LogP contribution in [0.15, 0.2) is 60.7 Å². The third-order valence-corrected chi connectivity index (χ3v) is 4.21. The quantitative estimate of drug-likeness (QED) is 0.573. The maximum absolute atomic E-state index is 12.3. The van der Waals surface area contributed by atoms with Crippen molar-refractivity contribution < 1.29 is 24.2 Å². The lowest BCUT2D eigenvalue weighted by Crippen LogP contribution is -2.16. The zero-order valence-electron chi connectivity index (χ0n) is 14.1. The van der Waals surface area contributed by atoms with Gasteiger partial charge in [-0.3, -0.25) is 4.79 Å². The van der Waals surface area contributed by atoms with Crippen molar-refractivity contribution >= 4 is 28.7 Å². The summed E-state index contributed by atoms with van der Waals surface area (Å²) in [5.41, 5.74) is 1.09. The van der Waals surface area contributed by atoms with Gasteiger partial charge in [-0.1, -0.05) is 48.5 Å². The first-order valence-electron chi connectivity index (χ1n) is 8.02. The van der Waals surface area contributed by atoms with Gasteiger partial charge < -0.3 is 9.84 Å². The minimum atomic E-state index is -1.14. The fourth-order valence-electron chi connectivity index (χ4n) is 2.89. The van der Waals surface area contributed by atoms with Gasteiger partial charge in [0.1, 0.15) is 0 Å². The van der Waals surface area contributed by atoms with Crippen molar-refractivity contribution in [2.45, 2.75) is 13.3 Å². The van der Waals surface area contributed by atoms with E-state index >= 15 is 0 Å². The van der Waals surface area contributed by atoms with Crippen LogP contribution in [0.2, 0.25) is 0 Å². The number of carboxylic acids is 1. The summed E-state index contributed by atoms with van der Waals surface area (Å²) in [6.45, 7) is 1.51. The molecule has 0 radical (unpaired) electrons. The van der Waals surface area contributed by atoms with Crippen molar-refractivity contribution in [2.75, 3.05) is 0 Å². The molecule has 3 rings (SSSR count). The molecule has 3 aromatic rings. The Morgan fingerprint density at radius 1 is 0.885 bits per heavy atom. The lowest BCUT2D eigenvalue weighted by atomic mass is 10.0. The molecule has 3 aromatic carbocycles. The summed E-state index contributed by atoms with van der Waals surface area (Å²) < 4.78 is 4.93. The predicted molar refractivity (Wildman–Crippen MR) is 96.2 cm³/mol. The summed E-state index contributed by atoms with van der Waals surface area (Å²) in [7, 11) is 0. The average molecular weight is 348 g/mol. The van der Waals surface area contributed by atoms with Crippen LogP contribution >= 0.6 is 0 Å². The van der Waals surface area contributed by atoms with E-state index < -0.39 is 17.9 Å². The molecular formula is C21H16O5. The lowest BCUT2D eigenvalue weighted by molar-refractivity contribution is -0.137. The summed E-state index contributed by atoms with van der Waals surface area (Å²) in [5, 5.41) is 11.0. The van der Waals surface area contributed by atoms with E-state index in [2.05, 4.69) is 0 Å². The zero-order valence-corrected chi connectivity index (χ0v) is 14.1. The van der Waals surface area contributed by atoms with E-state index in [0.717, 1.165) is 16.3 Å². The molecule has 0 amide bonds. The van der Waals surface area contributed by atoms with Gasteiger partial charge in [-0.25, -0.2) is 9.59 Å². The predicted octanol–water partition coefficient (Wildman–Crippen LogP) is 3.77. The highest BCUT2D eigenvalue weighted by molar-refractivity contribution is 6.01. The van der Waals surface area contributed by atoms with E-state index in [1.54, 1.807) is 0 Å². The second-order valence-electron chi connectivity index (χ2n) is 5.86. The van der Waals surface area contributed by atoms with Crippen LogP contribution in [0.25, 0.3) is 10.8 Å². The third-order valence-electron chi connectivity index (χ3n) is 4.21. The molecule has 130 valence electrons. The number of hydrogen-bond donors (Lipinski definition) is 1. The number of benzene rings is 3. The van der Waals surface area contributed by atoms with Crippen LogP contribution < -0.4 is 0 Å². The van der Waals surface area contributed by atoms with Crippen LogP contribution in [-0.4, -0.2) is 23.0 Å². The molecule has 0 fully saturated rings. The zero-order chi connectivity index (χ0) is 18.7. The Labute approximate surface area is 149 Å². The summed E-state index contributed by atoms with van der Waals surface area (Å²) in [4.78, 5) is 35.6. The van der Waals surface area contributed by atoms with Crippen molar-refractivity contribution in [1.82, 2.24) is 0 Å². The largest absolute Gasteiger partial charge is 0.478 e. The Morgan fingerprint density at radius 2 is 1.54 bits per heavy atom. The van der Waals surface area contributed by atoms with Gasteiger partial charge in [0.2, 0.25) is 0 Å². The Kier molecular flexibility index (Phi) is 4.80. The Bertz CT molecular complexity index is 1010. The molecule has 0 saturated carbocycles. The first-order chi connectivity index (χ1) is 12.5. The van der Waals surface area contributed by atoms with E-state index in [1.165, 1.54) is 25.1 Å². The van der Waals surface area contributed by atoms with Gasteiger partial charge in [-0.2, -0.15) is 0 Å². The molecule has 0 aliphatic carbocycles. The first kappa shape index (κ1) is 17.4. The van der Waals surface area contributed by atoms with Crippen molar-refractivity contribution in [3.8, 4) is 0 Å². The number of esters is 2. The SMILES string of the molecule is Cc1c(C(=O)O)cccc1C(=O)OC(=O)Cc1cccc2ccccc12. The molecule has 0 bridgehead atoms. The molecule has 5 nitrogen and oxygen atoms in total. The fourth-order valence-corrected chi connectivity index (χ4v) is 2.89. The number of carboxylic acid groups (broad SMARTS) is 1. The van der Waals surface area contributed by atoms with Crippen LogP contribution in [-0.2, 0) is 16.0 Å². The van der Waals surface area contributed by atoms with Crippen molar-refractivity contribution in [2.24, 2.45) is 0 Å². The van der Waals surface area contributed by atoms with E-state index in [1.807, 2.05) is 42.5 Å².